The molecule has 11 nitrogen and oxygen atoms in total. The van der Waals surface area contributed by atoms with Crippen molar-refractivity contribution in [2.45, 2.75) is 50.6 Å². The number of nitrogens with two attached hydrogens (primary N) is 1. The van der Waals surface area contributed by atoms with Gasteiger partial charge in [0, 0.05) is 6.42 Å². The second-order valence-corrected chi connectivity index (χ2v) is 6.86. The van der Waals surface area contributed by atoms with Gasteiger partial charge in [0.1, 0.15) is 24.7 Å². The predicted octanol–water partition coefficient (Wildman–Crippen LogP) is -2.51. The Bertz CT molecular complexity index is 740. The van der Waals surface area contributed by atoms with Gasteiger partial charge >= 0.3 is 5.97 Å². The van der Waals surface area contributed by atoms with Gasteiger partial charge < -0.3 is 37.0 Å². The van der Waals surface area contributed by atoms with Gasteiger partial charge in [0.25, 0.3) is 0 Å². The van der Waals surface area contributed by atoms with Crippen LogP contribution in [0, 0.1) is 0 Å². The lowest BCUT2D eigenvalue weighted by atomic mass is 10.0. The molecule has 5 unspecified atom stereocenters. The van der Waals surface area contributed by atoms with Gasteiger partial charge in [-0.2, -0.15) is 0 Å². The number of hydrogen-bond donors (Lipinski definition) is 7. The Morgan fingerprint density at radius 3 is 2.03 bits per heavy atom. The number of carbonyl (C=O) groups excluding carboxylic acids is 3. The first-order valence-corrected chi connectivity index (χ1v) is 9.28. The predicted molar refractivity (Wildman–Crippen MR) is 106 cm³/mol. The van der Waals surface area contributed by atoms with Gasteiger partial charge in [0.05, 0.1) is 12.2 Å². The molecule has 0 heterocycles. The van der Waals surface area contributed by atoms with E-state index in [2.05, 4.69) is 16.0 Å². The molecule has 0 aromatic heterocycles. The second-order valence-electron chi connectivity index (χ2n) is 6.86. The van der Waals surface area contributed by atoms with Crippen molar-refractivity contribution < 1.29 is 34.5 Å². The molecule has 0 saturated carbocycles. The van der Waals surface area contributed by atoms with Crippen molar-refractivity contribution in [2.75, 3.05) is 6.54 Å². The first-order valence-electron chi connectivity index (χ1n) is 9.28. The zero-order chi connectivity index (χ0) is 22.8. The van der Waals surface area contributed by atoms with Gasteiger partial charge in [-0.1, -0.05) is 30.3 Å². The van der Waals surface area contributed by atoms with E-state index in [-0.39, 0.29) is 6.42 Å². The van der Waals surface area contributed by atoms with E-state index in [4.69, 9.17) is 10.8 Å². The molecule has 0 spiro atoms. The van der Waals surface area contributed by atoms with Crippen molar-refractivity contribution in [3.8, 4) is 0 Å². The molecule has 0 aliphatic carbocycles. The zero-order valence-electron chi connectivity index (χ0n) is 16.7. The minimum atomic E-state index is -1.45. The number of carboxylic acid groups (broad SMARTS) is 1. The highest BCUT2D eigenvalue weighted by molar-refractivity contribution is 5.94. The van der Waals surface area contributed by atoms with Crippen molar-refractivity contribution >= 4 is 23.7 Å². The number of aliphatic hydroxyl groups is 2. The maximum Gasteiger partial charge on any atom is 0.322 e. The van der Waals surface area contributed by atoms with Crippen LogP contribution in [0.25, 0.3) is 0 Å². The van der Waals surface area contributed by atoms with Crippen LogP contribution in [0.15, 0.2) is 30.3 Å². The van der Waals surface area contributed by atoms with Gasteiger partial charge in [0.15, 0.2) is 0 Å². The van der Waals surface area contributed by atoms with E-state index >= 15 is 0 Å². The molecule has 3 amide bonds. The Hall–Kier alpha value is -3.02. The average molecular weight is 424 g/mol. The standard InChI is InChI=1S/C19H28N4O7/c1-10(24)15(20)18(29)22-13(8-12-6-4-3-5-7-12)17(28)23-16(11(2)25)19(30)21-9-14(26)27/h3-7,10-11,13,15-16,24-25H,8-9,20H2,1-2H3,(H,21,30)(H,22,29)(H,23,28)(H,26,27). The summed E-state index contributed by atoms with van der Waals surface area (Å²) in [5, 5.41) is 34.9. The molecule has 0 aliphatic rings. The van der Waals surface area contributed by atoms with Gasteiger partial charge in [-0.3, -0.25) is 19.2 Å². The number of aliphatic carboxylic acids is 1. The summed E-state index contributed by atoms with van der Waals surface area (Å²) in [5.74, 6) is -3.75. The summed E-state index contributed by atoms with van der Waals surface area (Å²) in [6, 6.07) is 4.83. The number of carbonyl (C=O) groups is 4. The van der Waals surface area contributed by atoms with Gasteiger partial charge in [-0.05, 0) is 19.4 Å². The van der Waals surface area contributed by atoms with E-state index < -0.39 is 60.6 Å². The minimum absolute atomic E-state index is 0.0498. The molecule has 8 N–H and O–H groups in total. The number of rotatable bonds is 11. The highest BCUT2D eigenvalue weighted by Gasteiger charge is 2.31. The Morgan fingerprint density at radius 1 is 0.933 bits per heavy atom. The van der Waals surface area contributed by atoms with E-state index in [1.165, 1.54) is 13.8 Å². The van der Waals surface area contributed by atoms with Crippen molar-refractivity contribution in [1.29, 1.82) is 0 Å². The van der Waals surface area contributed by atoms with Crippen LogP contribution in [0.2, 0.25) is 0 Å². The normalized spacial score (nSPS) is 15.8. The summed E-state index contributed by atoms with van der Waals surface area (Å²) in [6.07, 6.45) is -2.44. The molecule has 5 atom stereocenters. The quantitative estimate of drug-likeness (QED) is 0.202. The molecule has 1 aromatic rings. The van der Waals surface area contributed by atoms with Crippen LogP contribution in [-0.4, -0.2) is 75.9 Å². The second kappa shape index (κ2) is 11.9. The molecule has 0 bridgehead atoms. The van der Waals surface area contributed by atoms with E-state index in [9.17, 15) is 29.4 Å². The van der Waals surface area contributed by atoms with E-state index in [0.717, 1.165) is 0 Å². The van der Waals surface area contributed by atoms with Crippen LogP contribution in [0.3, 0.4) is 0 Å². The summed E-state index contributed by atoms with van der Waals surface area (Å²) < 4.78 is 0. The van der Waals surface area contributed by atoms with E-state index in [1.807, 2.05) is 0 Å². The smallest absolute Gasteiger partial charge is 0.322 e. The van der Waals surface area contributed by atoms with E-state index in [1.54, 1.807) is 30.3 Å². The third kappa shape index (κ3) is 8.15. The highest BCUT2D eigenvalue weighted by atomic mass is 16.4. The van der Waals surface area contributed by atoms with Crippen LogP contribution in [0.1, 0.15) is 19.4 Å². The van der Waals surface area contributed by atoms with Gasteiger partial charge in [-0.25, -0.2) is 0 Å². The summed E-state index contributed by atoms with van der Waals surface area (Å²) in [5.41, 5.74) is 6.32. The van der Waals surface area contributed by atoms with Crippen molar-refractivity contribution in [3.05, 3.63) is 35.9 Å². The molecule has 166 valence electrons. The molecule has 1 aromatic carbocycles. The Morgan fingerprint density at radius 2 is 1.53 bits per heavy atom. The van der Waals surface area contributed by atoms with Crippen molar-refractivity contribution in [3.63, 3.8) is 0 Å². The summed E-state index contributed by atoms with van der Waals surface area (Å²) in [7, 11) is 0. The van der Waals surface area contributed by atoms with Crippen molar-refractivity contribution in [2.24, 2.45) is 5.73 Å². The number of aliphatic hydroxyl groups excluding tert-OH is 2. The van der Waals surface area contributed by atoms with E-state index in [0.29, 0.717) is 5.56 Å². The Balaban J connectivity index is 2.99. The van der Waals surface area contributed by atoms with Crippen LogP contribution >= 0.6 is 0 Å². The third-order valence-corrected chi connectivity index (χ3v) is 4.21. The van der Waals surface area contributed by atoms with Crippen LogP contribution in [-0.2, 0) is 25.6 Å². The number of carboxylic acids is 1. The Labute approximate surface area is 173 Å². The lowest BCUT2D eigenvalue weighted by molar-refractivity contribution is -0.139. The van der Waals surface area contributed by atoms with Gasteiger partial charge in [-0.15, -0.1) is 0 Å². The monoisotopic (exact) mass is 424 g/mol. The number of nitrogens with one attached hydrogen (secondary N) is 3. The maximum atomic E-state index is 12.8. The Kier molecular flexibility index (Phi) is 9.89. The molecular formula is C19H28N4O7. The van der Waals surface area contributed by atoms with Crippen LogP contribution in [0.5, 0.6) is 0 Å². The van der Waals surface area contributed by atoms with Crippen molar-refractivity contribution in [1.82, 2.24) is 16.0 Å². The van der Waals surface area contributed by atoms with Crippen LogP contribution in [0.4, 0.5) is 0 Å². The fraction of sp³-hybridized carbons (Fsp3) is 0.474. The lowest BCUT2D eigenvalue weighted by Gasteiger charge is -2.25. The fourth-order valence-corrected chi connectivity index (χ4v) is 2.48. The molecule has 30 heavy (non-hydrogen) atoms. The number of benzene rings is 1. The minimum Gasteiger partial charge on any atom is -0.480 e. The summed E-state index contributed by atoms with van der Waals surface area (Å²) in [6.45, 7) is 1.89. The SMILES string of the molecule is CC(O)C(N)C(=O)NC(Cc1ccccc1)C(=O)NC(C(=O)NCC(=O)O)C(C)O. The summed E-state index contributed by atoms with van der Waals surface area (Å²) >= 11 is 0. The number of amides is 3. The molecule has 0 fully saturated rings. The number of hydrogen-bond acceptors (Lipinski definition) is 7. The molecule has 0 aliphatic heterocycles. The first-order chi connectivity index (χ1) is 14.0. The largest absolute Gasteiger partial charge is 0.480 e. The fourth-order valence-electron chi connectivity index (χ4n) is 2.48. The zero-order valence-corrected chi connectivity index (χ0v) is 16.7. The first kappa shape index (κ1) is 25.0. The molecule has 0 radical (unpaired) electrons. The van der Waals surface area contributed by atoms with Gasteiger partial charge in [0.2, 0.25) is 17.7 Å². The third-order valence-electron chi connectivity index (χ3n) is 4.21. The molecule has 11 heteroatoms. The molecule has 1 rings (SSSR count). The summed E-state index contributed by atoms with van der Waals surface area (Å²) in [4.78, 5) is 47.8. The van der Waals surface area contributed by atoms with Crippen LogP contribution < -0.4 is 21.7 Å². The molecular weight excluding hydrogens is 396 g/mol. The topological polar surface area (TPSA) is 191 Å². The maximum absolute atomic E-state index is 12.8. The average Bonchev–Trinajstić information content (AvgIpc) is 2.69. The lowest BCUT2D eigenvalue weighted by Crippen LogP contribution is -2.60. The molecule has 0 saturated heterocycles. The highest BCUT2D eigenvalue weighted by Crippen LogP contribution is 2.06.